The van der Waals surface area contributed by atoms with E-state index in [1.165, 1.54) is 5.56 Å². The molecule has 0 unspecified atom stereocenters. The molecule has 0 spiro atoms. The Labute approximate surface area is 180 Å². The van der Waals surface area contributed by atoms with Gasteiger partial charge in [-0.3, -0.25) is 4.79 Å². The molecule has 0 saturated carbocycles. The standard InChI is InChI=1S/C24H24N6O/c1-15-12-20-17(22(25)31)8-5-11-30(20)21(15)24-28-19-9-10-26-14-18(19)23(29-24)27-13-16-6-3-2-4-7-16/h2-8,11-12,26H,9-10,13-14H2,1H3,(H2,25,31)(H,27,28,29). The van der Waals surface area contributed by atoms with Gasteiger partial charge in [-0.15, -0.1) is 0 Å². The van der Waals surface area contributed by atoms with Gasteiger partial charge in [-0.25, -0.2) is 9.97 Å². The van der Waals surface area contributed by atoms with Crippen LogP contribution >= 0.6 is 0 Å². The molecule has 156 valence electrons. The second kappa shape index (κ2) is 7.85. The molecule has 5 rings (SSSR count). The summed E-state index contributed by atoms with van der Waals surface area (Å²) < 4.78 is 1.96. The Kier molecular flexibility index (Phi) is 4.88. The lowest BCUT2D eigenvalue weighted by Crippen LogP contribution is -2.26. The van der Waals surface area contributed by atoms with Crippen LogP contribution in [0.4, 0.5) is 5.82 Å². The number of aromatic nitrogens is 3. The van der Waals surface area contributed by atoms with Crippen LogP contribution in [0.1, 0.15) is 32.7 Å². The predicted molar refractivity (Wildman–Crippen MR) is 121 cm³/mol. The van der Waals surface area contributed by atoms with E-state index in [4.69, 9.17) is 15.7 Å². The fraction of sp³-hybridized carbons (Fsp3) is 0.208. The molecule has 3 aromatic heterocycles. The van der Waals surface area contributed by atoms with Crippen molar-refractivity contribution in [3.63, 3.8) is 0 Å². The Balaban J connectivity index is 1.62. The van der Waals surface area contributed by atoms with Crippen molar-refractivity contribution in [1.82, 2.24) is 19.7 Å². The summed E-state index contributed by atoms with van der Waals surface area (Å²) in [7, 11) is 0. The number of primary amides is 1. The van der Waals surface area contributed by atoms with E-state index in [-0.39, 0.29) is 0 Å². The van der Waals surface area contributed by atoms with Gasteiger partial charge in [0.05, 0.1) is 22.5 Å². The minimum atomic E-state index is -0.447. The van der Waals surface area contributed by atoms with E-state index in [9.17, 15) is 4.79 Å². The van der Waals surface area contributed by atoms with Crippen molar-refractivity contribution in [1.29, 1.82) is 0 Å². The van der Waals surface area contributed by atoms with Crippen LogP contribution in [-0.2, 0) is 19.5 Å². The van der Waals surface area contributed by atoms with Crippen molar-refractivity contribution >= 4 is 17.2 Å². The van der Waals surface area contributed by atoms with E-state index < -0.39 is 5.91 Å². The van der Waals surface area contributed by atoms with Gasteiger partial charge in [0.1, 0.15) is 5.82 Å². The minimum Gasteiger partial charge on any atom is -0.366 e. The lowest BCUT2D eigenvalue weighted by molar-refractivity contribution is 0.100. The zero-order valence-electron chi connectivity index (χ0n) is 17.4. The molecule has 7 heteroatoms. The molecule has 0 aliphatic carbocycles. The third kappa shape index (κ3) is 3.53. The number of hydrogen-bond acceptors (Lipinski definition) is 5. The Bertz CT molecular complexity index is 1280. The van der Waals surface area contributed by atoms with E-state index in [0.29, 0.717) is 17.9 Å². The summed E-state index contributed by atoms with van der Waals surface area (Å²) in [5, 5.41) is 6.93. The van der Waals surface area contributed by atoms with Crippen LogP contribution in [0.5, 0.6) is 0 Å². The quantitative estimate of drug-likeness (QED) is 0.468. The molecule has 0 fully saturated rings. The number of anilines is 1. The van der Waals surface area contributed by atoms with Gasteiger partial charge in [-0.05, 0) is 36.2 Å². The van der Waals surface area contributed by atoms with Gasteiger partial charge >= 0.3 is 0 Å². The number of carbonyl (C=O) groups is 1. The van der Waals surface area contributed by atoms with E-state index in [0.717, 1.165) is 53.4 Å². The largest absolute Gasteiger partial charge is 0.366 e. The number of amides is 1. The first-order valence-corrected chi connectivity index (χ1v) is 10.4. The lowest BCUT2D eigenvalue weighted by atomic mass is 10.1. The van der Waals surface area contributed by atoms with Crippen LogP contribution in [-0.4, -0.2) is 26.8 Å². The molecular weight excluding hydrogens is 388 g/mol. The second-order valence-corrected chi connectivity index (χ2v) is 7.80. The molecule has 1 aliphatic rings. The molecule has 1 aromatic carbocycles. The molecule has 7 nitrogen and oxygen atoms in total. The van der Waals surface area contributed by atoms with Gasteiger partial charge in [0, 0.05) is 37.8 Å². The molecule has 4 heterocycles. The van der Waals surface area contributed by atoms with Crippen LogP contribution in [0.3, 0.4) is 0 Å². The number of nitrogens with one attached hydrogen (secondary N) is 2. The number of rotatable bonds is 5. The van der Waals surface area contributed by atoms with Crippen LogP contribution < -0.4 is 16.4 Å². The number of hydrogen-bond donors (Lipinski definition) is 3. The summed E-state index contributed by atoms with van der Waals surface area (Å²) in [6.07, 6.45) is 2.77. The zero-order chi connectivity index (χ0) is 21.4. The first-order valence-electron chi connectivity index (χ1n) is 10.4. The molecule has 0 bridgehead atoms. The number of aryl methyl sites for hydroxylation is 1. The monoisotopic (exact) mass is 412 g/mol. The van der Waals surface area contributed by atoms with Crippen LogP contribution in [0, 0.1) is 6.92 Å². The molecule has 0 radical (unpaired) electrons. The average Bonchev–Trinajstić information content (AvgIpc) is 3.13. The smallest absolute Gasteiger partial charge is 0.250 e. The third-order valence-corrected chi connectivity index (χ3v) is 5.71. The van der Waals surface area contributed by atoms with Gasteiger partial charge in [0.15, 0.2) is 5.82 Å². The first-order chi connectivity index (χ1) is 15.1. The summed E-state index contributed by atoms with van der Waals surface area (Å²) in [6, 6.07) is 15.8. The van der Waals surface area contributed by atoms with E-state index in [2.05, 4.69) is 22.8 Å². The summed E-state index contributed by atoms with van der Waals surface area (Å²) in [5.74, 6) is 1.05. The highest BCUT2D eigenvalue weighted by atomic mass is 16.1. The number of fused-ring (bicyclic) bond motifs is 2. The first kappa shape index (κ1) is 19.3. The van der Waals surface area contributed by atoms with Crippen LogP contribution in [0.25, 0.3) is 17.0 Å². The van der Waals surface area contributed by atoms with Gasteiger partial charge in [0.2, 0.25) is 0 Å². The van der Waals surface area contributed by atoms with E-state index in [1.807, 2.05) is 47.9 Å². The average molecular weight is 412 g/mol. The number of nitrogens with two attached hydrogens (primary N) is 1. The third-order valence-electron chi connectivity index (χ3n) is 5.71. The fourth-order valence-electron chi connectivity index (χ4n) is 4.20. The Morgan fingerprint density at radius 3 is 2.84 bits per heavy atom. The van der Waals surface area contributed by atoms with Crippen LogP contribution in [0.15, 0.2) is 54.7 Å². The Morgan fingerprint density at radius 2 is 2.03 bits per heavy atom. The van der Waals surface area contributed by atoms with Crippen molar-refractivity contribution in [3.05, 3.63) is 82.7 Å². The molecule has 0 saturated heterocycles. The fourth-order valence-corrected chi connectivity index (χ4v) is 4.20. The molecule has 4 N–H and O–H groups in total. The highest BCUT2D eigenvalue weighted by Gasteiger charge is 2.21. The van der Waals surface area contributed by atoms with Gasteiger partial charge in [-0.2, -0.15) is 0 Å². The van der Waals surface area contributed by atoms with Crippen molar-refractivity contribution in [2.45, 2.75) is 26.4 Å². The number of benzene rings is 1. The summed E-state index contributed by atoms with van der Waals surface area (Å²) >= 11 is 0. The maximum Gasteiger partial charge on any atom is 0.250 e. The molecule has 4 aromatic rings. The highest BCUT2D eigenvalue weighted by molar-refractivity contribution is 6.00. The Hall–Kier alpha value is -3.71. The maximum absolute atomic E-state index is 11.9. The molecule has 0 atom stereocenters. The van der Waals surface area contributed by atoms with Crippen molar-refractivity contribution in [2.75, 3.05) is 11.9 Å². The predicted octanol–water partition coefficient (Wildman–Crippen LogP) is 3.06. The zero-order valence-corrected chi connectivity index (χ0v) is 17.4. The lowest BCUT2D eigenvalue weighted by Gasteiger charge is -2.21. The highest BCUT2D eigenvalue weighted by Crippen LogP contribution is 2.30. The van der Waals surface area contributed by atoms with Gasteiger partial charge in [0.25, 0.3) is 5.91 Å². The van der Waals surface area contributed by atoms with Crippen LogP contribution in [0.2, 0.25) is 0 Å². The number of pyridine rings is 1. The second-order valence-electron chi connectivity index (χ2n) is 7.80. The van der Waals surface area contributed by atoms with Gasteiger partial charge in [-0.1, -0.05) is 30.3 Å². The summed E-state index contributed by atoms with van der Waals surface area (Å²) in [4.78, 5) is 21.8. The molecule has 1 amide bonds. The Morgan fingerprint density at radius 1 is 1.19 bits per heavy atom. The number of nitrogens with zero attached hydrogens (tertiary/aromatic N) is 3. The SMILES string of the molecule is Cc1cc2c(C(N)=O)cccn2c1-c1nc2c(c(NCc3ccccc3)n1)CNCC2. The number of carbonyl (C=O) groups excluding carboxylic acids is 1. The van der Waals surface area contributed by atoms with E-state index >= 15 is 0 Å². The topological polar surface area (TPSA) is 97.3 Å². The van der Waals surface area contributed by atoms with Crippen molar-refractivity contribution in [3.8, 4) is 11.5 Å². The minimum absolute atomic E-state index is 0.447. The normalized spacial score (nSPS) is 13.2. The molecule has 31 heavy (non-hydrogen) atoms. The summed E-state index contributed by atoms with van der Waals surface area (Å²) in [5.41, 5.74) is 12.1. The van der Waals surface area contributed by atoms with Crippen molar-refractivity contribution < 1.29 is 4.79 Å². The molecule has 1 aliphatic heterocycles. The molecular formula is C24H24N6O. The van der Waals surface area contributed by atoms with Gasteiger partial charge < -0.3 is 20.8 Å². The maximum atomic E-state index is 11.9. The van der Waals surface area contributed by atoms with Crippen molar-refractivity contribution in [2.24, 2.45) is 5.73 Å². The summed E-state index contributed by atoms with van der Waals surface area (Å²) in [6.45, 7) is 4.33. The van der Waals surface area contributed by atoms with E-state index in [1.54, 1.807) is 6.07 Å².